The van der Waals surface area contributed by atoms with Gasteiger partial charge in [0.25, 0.3) is 5.91 Å². The van der Waals surface area contributed by atoms with Gasteiger partial charge in [0.1, 0.15) is 6.54 Å². The summed E-state index contributed by atoms with van der Waals surface area (Å²) in [6, 6.07) is 17.4. The van der Waals surface area contributed by atoms with E-state index in [2.05, 4.69) is 31.5 Å². The summed E-state index contributed by atoms with van der Waals surface area (Å²) in [5, 5.41) is 3.21. The molecule has 2 aromatic rings. The number of nitrogens with zero attached hydrogens (tertiary/aromatic N) is 2. The van der Waals surface area contributed by atoms with Crippen LogP contribution in [0.3, 0.4) is 0 Å². The Morgan fingerprint density at radius 3 is 2.36 bits per heavy atom. The van der Waals surface area contributed by atoms with E-state index in [0.717, 1.165) is 11.3 Å². The van der Waals surface area contributed by atoms with Crippen molar-refractivity contribution in [3.8, 4) is 0 Å². The van der Waals surface area contributed by atoms with Gasteiger partial charge in [0.05, 0.1) is 17.3 Å². The van der Waals surface area contributed by atoms with Crippen LogP contribution in [0.5, 0.6) is 0 Å². The van der Waals surface area contributed by atoms with E-state index in [1.54, 1.807) is 6.07 Å². The van der Waals surface area contributed by atoms with Gasteiger partial charge >= 0.3 is 0 Å². The van der Waals surface area contributed by atoms with E-state index in [4.69, 9.17) is 5.73 Å². The fourth-order valence-corrected chi connectivity index (χ4v) is 3.20. The lowest BCUT2D eigenvalue weighted by atomic mass is 9.94. The minimum Gasteiger partial charge on any atom is -0.368 e. The number of hydrogen-bond acceptors (Lipinski definition) is 4. The van der Waals surface area contributed by atoms with Crippen LogP contribution in [0, 0.1) is 5.92 Å². The highest BCUT2D eigenvalue weighted by Gasteiger charge is 2.35. The van der Waals surface area contributed by atoms with E-state index in [1.165, 1.54) is 5.01 Å². The van der Waals surface area contributed by atoms with Gasteiger partial charge in [0, 0.05) is 0 Å². The number of nitrogens with two attached hydrogens (primary N) is 1. The van der Waals surface area contributed by atoms with Crippen LogP contribution >= 0.6 is 0 Å². The van der Waals surface area contributed by atoms with E-state index in [1.807, 2.05) is 41.4 Å². The van der Waals surface area contributed by atoms with Crippen LogP contribution in [0.25, 0.3) is 0 Å². The number of anilines is 1. The maximum atomic E-state index is 12.7. The summed E-state index contributed by atoms with van der Waals surface area (Å²) in [4.78, 5) is 24.0. The van der Waals surface area contributed by atoms with Crippen molar-refractivity contribution in [2.45, 2.75) is 19.9 Å². The molecule has 25 heavy (non-hydrogen) atoms. The highest BCUT2D eigenvalue weighted by Crippen LogP contribution is 2.35. The van der Waals surface area contributed by atoms with Crippen molar-refractivity contribution in [3.05, 3.63) is 65.7 Å². The number of carbonyl (C=O) groups excluding carboxylic acids is 2. The van der Waals surface area contributed by atoms with E-state index in [9.17, 15) is 9.59 Å². The molecule has 1 aliphatic rings. The minimum absolute atomic E-state index is 0.0224. The normalized spacial score (nSPS) is 15.2. The molecule has 0 saturated carbocycles. The smallest absolute Gasteiger partial charge is 0.272 e. The molecular formula is C19H22N4O2. The first-order valence-electron chi connectivity index (χ1n) is 8.28. The largest absolute Gasteiger partial charge is 0.368 e. The second kappa shape index (κ2) is 6.94. The van der Waals surface area contributed by atoms with E-state index in [-0.39, 0.29) is 24.4 Å². The van der Waals surface area contributed by atoms with Gasteiger partial charge in [-0.05, 0) is 23.6 Å². The second-order valence-corrected chi connectivity index (χ2v) is 6.44. The average molecular weight is 338 g/mol. The molecule has 0 saturated heterocycles. The molecule has 0 radical (unpaired) electrons. The molecule has 2 amide bonds. The molecule has 3 rings (SSSR count). The standard InChI is InChI=1S/C19H22N4O2/c1-13(2)18(14-8-4-3-5-9-14)23-16-11-7-6-10-15(16)19(25)22(21-23)12-17(20)24/h3-11,13,18,21H,12H2,1-2H3,(H2,20,24). The topological polar surface area (TPSA) is 78.7 Å². The van der Waals surface area contributed by atoms with Gasteiger partial charge in [0.15, 0.2) is 0 Å². The first-order chi connectivity index (χ1) is 12.0. The van der Waals surface area contributed by atoms with Gasteiger partial charge in [-0.15, -0.1) is 5.53 Å². The lowest BCUT2D eigenvalue weighted by Gasteiger charge is -2.43. The van der Waals surface area contributed by atoms with Crippen molar-refractivity contribution in [1.82, 2.24) is 10.5 Å². The molecule has 0 aromatic heterocycles. The first-order valence-corrected chi connectivity index (χ1v) is 8.28. The molecule has 0 spiro atoms. The van der Waals surface area contributed by atoms with Crippen LogP contribution in [-0.2, 0) is 4.79 Å². The molecule has 6 heteroatoms. The summed E-state index contributed by atoms with van der Waals surface area (Å²) >= 11 is 0. The number of primary amides is 1. The molecule has 1 aliphatic heterocycles. The molecule has 3 N–H and O–H groups in total. The lowest BCUT2D eigenvalue weighted by Crippen LogP contribution is -2.60. The monoisotopic (exact) mass is 338 g/mol. The highest BCUT2D eigenvalue weighted by atomic mass is 16.2. The Hall–Kier alpha value is -2.86. The van der Waals surface area contributed by atoms with Crippen molar-refractivity contribution in [2.75, 3.05) is 11.6 Å². The van der Waals surface area contributed by atoms with Crippen LogP contribution in [0.1, 0.15) is 35.8 Å². The molecule has 0 fully saturated rings. The summed E-state index contributed by atoms with van der Waals surface area (Å²) in [6.07, 6.45) is 0. The predicted octanol–water partition coefficient (Wildman–Crippen LogP) is 2.25. The minimum atomic E-state index is -0.569. The van der Waals surface area contributed by atoms with Crippen LogP contribution in [0.4, 0.5) is 5.69 Å². The van der Waals surface area contributed by atoms with E-state index >= 15 is 0 Å². The van der Waals surface area contributed by atoms with Crippen LogP contribution in [0.15, 0.2) is 54.6 Å². The zero-order valence-corrected chi connectivity index (χ0v) is 14.3. The number of carbonyl (C=O) groups is 2. The molecular weight excluding hydrogens is 316 g/mol. The quantitative estimate of drug-likeness (QED) is 0.876. The zero-order valence-electron chi connectivity index (χ0n) is 14.3. The third-order valence-electron chi connectivity index (χ3n) is 4.23. The average Bonchev–Trinajstić information content (AvgIpc) is 2.59. The number of fused-ring (bicyclic) bond motifs is 1. The predicted molar refractivity (Wildman–Crippen MR) is 96.3 cm³/mol. The number of hydrazine groups is 2. The molecule has 0 aliphatic carbocycles. The van der Waals surface area contributed by atoms with Gasteiger partial charge in [-0.1, -0.05) is 56.3 Å². The third kappa shape index (κ3) is 3.34. The molecule has 130 valence electrons. The Morgan fingerprint density at radius 2 is 1.72 bits per heavy atom. The Kier molecular flexibility index (Phi) is 4.72. The number of para-hydroxylation sites is 1. The van der Waals surface area contributed by atoms with Crippen LogP contribution in [0.2, 0.25) is 0 Å². The van der Waals surface area contributed by atoms with Gasteiger partial charge in [-0.3, -0.25) is 14.6 Å². The highest BCUT2D eigenvalue weighted by molar-refractivity contribution is 6.02. The van der Waals surface area contributed by atoms with Crippen LogP contribution in [-0.4, -0.2) is 23.4 Å². The van der Waals surface area contributed by atoms with Gasteiger partial charge in [-0.25, -0.2) is 5.01 Å². The Bertz CT molecular complexity index is 776. The van der Waals surface area contributed by atoms with Gasteiger partial charge in [-0.2, -0.15) is 0 Å². The summed E-state index contributed by atoms with van der Waals surface area (Å²) in [7, 11) is 0. The molecule has 1 unspecified atom stereocenters. The lowest BCUT2D eigenvalue weighted by molar-refractivity contribution is -0.119. The Morgan fingerprint density at radius 1 is 1.08 bits per heavy atom. The first kappa shape index (κ1) is 17.0. The number of amides is 2. The number of rotatable bonds is 5. The van der Waals surface area contributed by atoms with Crippen molar-refractivity contribution in [1.29, 1.82) is 0 Å². The van der Waals surface area contributed by atoms with E-state index in [0.29, 0.717) is 5.56 Å². The number of hydrogen-bond donors (Lipinski definition) is 2. The van der Waals surface area contributed by atoms with Crippen LogP contribution < -0.4 is 16.3 Å². The summed E-state index contributed by atoms with van der Waals surface area (Å²) in [5.41, 5.74) is 10.8. The second-order valence-electron chi connectivity index (χ2n) is 6.44. The third-order valence-corrected chi connectivity index (χ3v) is 4.23. The summed E-state index contributed by atoms with van der Waals surface area (Å²) in [5.74, 6) is -0.575. The summed E-state index contributed by atoms with van der Waals surface area (Å²) < 4.78 is 0. The molecule has 1 heterocycles. The number of nitrogens with one attached hydrogen (secondary N) is 1. The van der Waals surface area contributed by atoms with Crippen molar-refractivity contribution >= 4 is 17.5 Å². The van der Waals surface area contributed by atoms with Crippen molar-refractivity contribution < 1.29 is 9.59 Å². The molecule has 2 aromatic carbocycles. The van der Waals surface area contributed by atoms with E-state index < -0.39 is 5.91 Å². The molecule has 1 atom stereocenters. The maximum absolute atomic E-state index is 12.7. The van der Waals surface area contributed by atoms with Crippen molar-refractivity contribution in [3.63, 3.8) is 0 Å². The maximum Gasteiger partial charge on any atom is 0.272 e. The molecule has 0 bridgehead atoms. The Balaban J connectivity index is 2.07. The van der Waals surface area contributed by atoms with Gasteiger partial charge in [0.2, 0.25) is 5.91 Å². The van der Waals surface area contributed by atoms with Gasteiger partial charge < -0.3 is 5.73 Å². The fraction of sp³-hybridized carbons (Fsp3) is 0.263. The molecule has 6 nitrogen and oxygen atoms in total. The summed E-state index contributed by atoms with van der Waals surface area (Å²) in [6.45, 7) is 4.05. The fourth-order valence-electron chi connectivity index (χ4n) is 3.20. The van der Waals surface area contributed by atoms with Crippen molar-refractivity contribution in [2.24, 2.45) is 11.7 Å². The SMILES string of the molecule is CC(C)C(c1ccccc1)N1NN(CC(N)=O)C(=O)c2ccccc21. The number of benzene rings is 2. The Labute approximate surface area is 147 Å². The zero-order chi connectivity index (χ0) is 18.0.